The minimum atomic E-state index is -1.25. The maximum atomic E-state index is 14.1. The number of benzene rings is 3. The summed E-state index contributed by atoms with van der Waals surface area (Å²) in [6.07, 6.45) is 0.282. The highest BCUT2D eigenvalue weighted by Gasteiger charge is 2.53. The molecule has 0 aliphatic carbocycles. The number of aliphatic imine (C=N–C) groups is 1. The number of carbonyl (C=O) groups excluding carboxylic acids is 1. The van der Waals surface area contributed by atoms with E-state index in [1.165, 1.54) is 0 Å². The molecular formula is C32H38N4O5. The van der Waals surface area contributed by atoms with E-state index in [1.54, 1.807) is 0 Å². The van der Waals surface area contributed by atoms with Crippen molar-refractivity contribution in [1.29, 1.82) is 0 Å². The van der Waals surface area contributed by atoms with Gasteiger partial charge in [0.2, 0.25) is 5.90 Å². The van der Waals surface area contributed by atoms with Crippen LogP contribution >= 0.6 is 0 Å². The van der Waals surface area contributed by atoms with Gasteiger partial charge in [0.15, 0.2) is 11.6 Å². The first-order chi connectivity index (χ1) is 20.2. The number of aliphatic hydroxyl groups excluding tert-OH is 1. The van der Waals surface area contributed by atoms with E-state index in [1.807, 2.05) is 84.9 Å². The number of hydrazine groups is 1. The van der Waals surface area contributed by atoms with Gasteiger partial charge in [-0.3, -0.25) is 15.1 Å². The quantitative estimate of drug-likeness (QED) is 0.219. The Morgan fingerprint density at radius 2 is 1.71 bits per heavy atom. The van der Waals surface area contributed by atoms with Crippen molar-refractivity contribution in [3.63, 3.8) is 0 Å². The van der Waals surface area contributed by atoms with Crippen molar-refractivity contribution in [2.24, 2.45) is 4.99 Å². The van der Waals surface area contributed by atoms with Crippen LogP contribution in [0.5, 0.6) is 5.75 Å². The van der Waals surface area contributed by atoms with E-state index in [-0.39, 0.29) is 12.5 Å². The molecule has 0 unspecified atom stereocenters. The summed E-state index contributed by atoms with van der Waals surface area (Å²) in [4.78, 5) is 21.5. The van der Waals surface area contributed by atoms with Gasteiger partial charge < -0.3 is 19.3 Å². The van der Waals surface area contributed by atoms with Gasteiger partial charge in [0, 0.05) is 51.2 Å². The summed E-state index contributed by atoms with van der Waals surface area (Å²) in [5, 5.41) is 9.02. The molecule has 2 aliphatic heterocycles. The van der Waals surface area contributed by atoms with E-state index in [0.29, 0.717) is 37.6 Å². The lowest BCUT2D eigenvalue weighted by Gasteiger charge is -2.31. The lowest BCUT2D eigenvalue weighted by molar-refractivity contribution is -0.130. The topological polar surface area (TPSA) is 105 Å². The third-order valence-electron chi connectivity index (χ3n) is 7.31. The van der Waals surface area contributed by atoms with Crippen molar-refractivity contribution in [2.45, 2.75) is 24.5 Å². The zero-order valence-electron chi connectivity index (χ0n) is 23.2. The number of hydrogen-bond acceptors (Lipinski definition) is 8. The first-order valence-electron chi connectivity index (χ1n) is 14.2. The predicted octanol–water partition coefficient (Wildman–Crippen LogP) is 2.90. The molecule has 3 aromatic carbocycles. The summed E-state index contributed by atoms with van der Waals surface area (Å²) in [6, 6.07) is 27.2. The number of hydrogen-bond donors (Lipinski definition) is 3. The molecule has 0 aromatic heterocycles. The summed E-state index contributed by atoms with van der Waals surface area (Å²) in [5.41, 5.74) is 7.46. The molecule has 5 rings (SSSR count). The first kappa shape index (κ1) is 28.8. The number of carbonyl (C=O) groups is 1. The van der Waals surface area contributed by atoms with Gasteiger partial charge in [0.25, 0.3) is 5.91 Å². The molecule has 2 aliphatic rings. The van der Waals surface area contributed by atoms with E-state index in [0.717, 1.165) is 49.5 Å². The van der Waals surface area contributed by atoms with Gasteiger partial charge >= 0.3 is 0 Å². The summed E-state index contributed by atoms with van der Waals surface area (Å²) >= 11 is 0. The summed E-state index contributed by atoms with van der Waals surface area (Å²) in [6.45, 7) is 5.14. The Kier molecular flexibility index (Phi) is 9.98. The standard InChI is InChI=1S/C32H38N4O5/c37-20-7-21-40-28-14-12-27(13-15-28)30-34-32(24-25-8-3-1-4-9-25,29(41-30)26-10-5-2-6-11-26)31(38)35-33-16-17-36-18-22-39-23-19-36/h1-6,8-15,29,33,37H,7,16-24H2,(H,35,38)/t29-,32-/m0/s1. The minimum absolute atomic E-state index is 0.0806. The lowest BCUT2D eigenvalue weighted by atomic mass is 9.82. The van der Waals surface area contributed by atoms with E-state index in [9.17, 15) is 4.79 Å². The number of nitrogens with one attached hydrogen (secondary N) is 2. The normalized spacial score (nSPS) is 20.7. The summed E-state index contributed by atoms with van der Waals surface area (Å²) < 4.78 is 17.7. The molecule has 1 saturated heterocycles. The van der Waals surface area contributed by atoms with Gasteiger partial charge in [-0.2, -0.15) is 0 Å². The second-order valence-corrected chi connectivity index (χ2v) is 10.2. The number of amides is 1. The van der Waals surface area contributed by atoms with E-state index in [2.05, 4.69) is 15.8 Å². The molecule has 0 spiro atoms. The third kappa shape index (κ3) is 7.31. The van der Waals surface area contributed by atoms with Crippen LogP contribution < -0.4 is 15.6 Å². The molecular weight excluding hydrogens is 520 g/mol. The minimum Gasteiger partial charge on any atom is -0.494 e. The van der Waals surface area contributed by atoms with Crippen LogP contribution in [0, 0.1) is 0 Å². The molecule has 3 aromatic rings. The molecule has 1 fully saturated rings. The second-order valence-electron chi connectivity index (χ2n) is 10.2. The van der Waals surface area contributed by atoms with E-state index >= 15 is 0 Å². The van der Waals surface area contributed by atoms with Crippen LogP contribution in [0.4, 0.5) is 0 Å². The SMILES string of the molecule is O=C(NNCCN1CCOCC1)[C@@]1(Cc2ccccc2)N=C(c2ccc(OCCCO)cc2)O[C@H]1c1ccccc1. The Labute approximate surface area is 241 Å². The van der Waals surface area contributed by atoms with Gasteiger partial charge in [0.05, 0.1) is 19.8 Å². The molecule has 1 amide bonds. The summed E-state index contributed by atoms with van der Waals surface area (Å²) in [5.74, 6) is 0.842. The molecule has 0 saturated carbocycles. The Morgan fingerprint density at radius 1 is 1.00 bits per heavy atom. The van der Waals surface area contributed by atoms with Crippen LogP contribution in [0.2, 0.25) is 0 Å². The smallest absolute Gasteiger partial charge is 0.266 e. The van der Waals surface area contributed by atoms with Gasteiger partial charge in [-0.05, 0) is 35.4 Å². The highest BCUT2D eigenvalue weighted by Crippen LogP contribution is 2.42. The van der Waals surface area contributed by atoms with Crippen molar-refractivity contribution in [3.05, 3.63) is 102 Å². The molecule has 2 heterocycles. The molecule has 2 atom stereocenters. The van der Waals surface area contributed by atoms with Gasteiger partial charge in [-0.1, -0.05) is 60.7 Å². The van der Waals surface area contributed by atoms with Crippen LogP contribution in [0.3, 0.4) is 0 Å². The maximum Gasteiger partial charge on any atom is 0.266 e. The fraction of sp³-hybridized carbons (Fsp3) is 0.375. The third-order valence-corrected chi connectivity index (χ3v) is 7.31. The van der Waals surface area contributed by atoms with Crippen molar-refractivity contribution >= 4 is 11.8 Å². The first-order valence-corrected chi connectivity index (χ1v) is 14.2. The fourth-order valence-electron chi connectivity index (χ4n) is 5.11. The average molecular weight is 559 g/mol. The summed E-state index contributed by atoms with van der Waals surface area (Å²) in [7, 11) is 0. The lowest BCUT2D eigenvalue weighted by Crippen LogP contribution is -2.55. The molecule has 9 nitrogen and oxygen atoms in total. The van der Waals surface area contributed by atoms with Crippen LogP contribution in [0.15, 0.2) is 89.9 Å². The van der Waals surface area contributed by atoms with Gasteiger partial charge in [-0.15, -0.1) is 0 Å². The number of morpholine rings is 1. The molecule has 41 heavy (non-hydrogen) atoms. The van der Waals surface area contributed by atoms with Crippen LogP contribution in [0.1, 0.15) is 29.2 Å². The highest BCUT2D eigenvalue weighted by atomic mass is 16.5. The zero-order chi connectivity index (χ0) is 28.3. The fourth-order valence-corrected chi connectivity index (χ4v) is 5.11. The molecule has 216 valence electrons. The number of rotatable bonds is 13. The Hall–Kier alpha value is -3.76. The van der Waals surface area contributed by atoms with Crippen molar-refractivity contribution < 1.29 is 24.1 Å². The predicted molar refractivity (Wildman–Crippen MR) is 157 cm³/mol. The second kappa shape index (κ2) is 14.2. The van der Waals surface area contributed by atoms with Gasteiger partial charge in [0.1, 0.15) is 5.75 Å². The Morgan fingerprint density at radius 3 is 2.41 bits per heavy atom. The van der Waals surface area contributed by atoms with Crippen LogP contribution in [-0.4, -0.2) is 80.0 Å². The monoisotopic (exact) mass is 558 g/mol. The number of nitrogens with zero attached hydrogens (tertiary/aromatic N) is 2. The molecule has 3 N–H and O–H groups in total. The van der Waals surface area contributed by atoms with E-state index < -0.39 is 11.6 Å². The molecule has 9 heteroatoms. The molecule has 0 bridgehead atoms. The highest BCUT2D eigenvalue weighted by molar-refractivity contribution is 6.01. The van der Waals surface area contributed by atoms with Crippen molar-refractivity contribution in [1.82, 2.24) is 15.8 Å². The largest absolute Gasteiger partial charge is 0.494 e. The maximum absolute atomic E-state index is 14.1. The Bertz CT molecular complexity index is 1270. The molecule has 0 radical (unpaired) electrons. The average Bonchev–Trinajstić information content (AvgIpc) is 3.41. The van der Waals surface area contributed by atoms with E-state index in [4.69, 9.17) is 24.3 Å². The Balaban J connectivity index is 1.42. The van der Waals surface area contributed by atoms with Crippen molar-refractivity contribution in [2.75, 3.05) is 52.6 Å². The zero-order valence-corrected chi connectivity index (χ0v) is 23.2. The number of ether oxygens (including phenoxy) is 3. The van der Waals surface area contributed by atoms with Crippen molar-refractivity contribution in [3.8, 4) is 5.75 Å². The van der Waals surface area contributed by atoms with Crippen LogP contribution in [-0.2, 0) is 20.7 Å². The van der Waals surface area contributed by atoms with Gasteiger partial charge in [-0.25, -0.2) is 10.4 Å². The number of aliphatic hydroxyl groups is 1. The van der Waals surface area contributed by atoms with Crippen LogP contribution in [0.25, 0.3) is 0 Å².